The molecule has 9 N–H and O–H groups in total. The second-order valence-electron chi connectivity index (χ2n) is 8.58. The van der Waals surface area contributed by atoms with Crippen molar-refractivity contribution in [2.45, 2.75) is 0 Å². The van der Waals surface area contributed by atoms with Crippen molar-refractivity contribution in [2.75, 3.05) is 37.0 Å². The molecule has 3 rings (SSSR count). The van der Waals surface area contributed by atoms with Crippen LogP contribution in [0.5, 0.6) is 0 Å². The minimum absolute atomic E-state index is 0.00938. The summed E-state index contributed by atoms with van der Waals surface area (Å²) in [4.78, 5) is 42.8. The minimum Gasteiger partial charge on any atom is -0.399 e. The normalized spacial score (nSPS) is 12.3. The largest absolute Gasteiger partial charge is 0.399 e. The Morgan fingerprint density at radius 3 is 1.06 bits per heavy atom. The van der Waals surface area contributed by atoms with Crippen LogP contribution in [0.1, 0.15) is 31.1 Å². The lowest BCUT2D eigenvalue weighted by atomic mass is 9.59. The van der Waals surface area contributed by atoms with Gasteiger partial charge >= 0.3 is 0 Å². The van der Waals surface area contributed by atoms with Crippen molar-refractivity contribution in [1.82, 2.24) is 0 Å². The highest BCUT2D eigenvalue weighted by atomic mass is 16.3. The fourth-order valence-corrected chi connectivity index (χ4v) is 4.35. The fourth-order valence-electron chi connectivity index (χ4n) is 4.35. The molecule has 0 amide bonds. The molecule has 1 atom stereocenters. The van der Waals surface area contributed by atoms with Crippen LogP contribution in [0.4, 0.5) is 17.1 Å². The Morgan fingerprint density at radius 2 is 0.833 bits per heavy atom. The molecule has 0 radical (unpaired) electrons. The molecule has 1 unspecified atom stereocenters. The van der Waals surface area contributed by atoms with Gasteiger partial charge in [0.05, 0.1) is 0 Å². The molecule has 36 heavy (non-hydrogen) atoms. The molecular formula is C27H29N3O6. The molecule has 0 fully saturated rings. The predicted octanol–water partition coefficient (Wildman–Crippen LogP) is 1.58. The summed E-state index contributed by atoms with van der Waals surface area (Å²) in [6, 6.07) is 16.9. The summed E-state index contributed by atoms with van der Waals surface area (Å²) in [5.74, 6) is -5.37. The van der Waals surface area contributed by atoms with Crippen LogP contribution in [0, 0.1) is 17.3 Å². The standard InChI is InChI=1S/C27H29N3O6/c28-20-7-1-16(2-8-20)24(34)27(23(15-33)19(13-31)14-32,25(35)17-3-9-21(29)10-4-17)26(36)18-5-11-22(30)12-6-18/h1-12,19,23,31-33H,13-15,28-30H2. The van der Waals surface area contributed by atoms with E-state index in [2.05, 4.69) is 0 Å². The van der Waals surface area contributed by atoms with Crippen molar-refractivity contribution in [1.29, 1.82) is 0 Å². The summed E-state index contributed by atoms with van der Waals surface area (Å²) >= 11 is 0. The summed E-state index contributed by atoms with van der Waals surface area (Å²) in [5, 5.41) is 30.5. The maximum Gasteiger partial charge on any atom is 0.185 e. The monoisotopic (exact) mass is 491 g/mol. The molecule has 188 valence electrons. The number of hydrogen-bond donors (Lipinski definition) is 6. The predicted molar refractivity (Wildman–Crippen MR) is 136 cm³/mol. The number of nitrogen functional groups attached to an aromatic ring is 3. The molecule has 9 heteroatoms. The highest BCUT2D eigenvalue weighted by Gasteiger charge is 2.59. The second-order valence-corrected chi connectivity index (χ2v) is 8.58. The van der Waals surface area contributed by atoms with Crippen LogP contribution in [0.2, 0.25) is 0 Å². The average molecular weight is 492 g/mol. The van der Waals surface area contributed by atoms with Gasteiger partial charge in [0.1, 0.15) is 0 Å². The van der Waals surface area contributed by atoms with Crippen LogP contribution >= 0.6 is 0 Å². The van der Waals surface area contributed by atoms with E-state index in [4.69, 9.17) is 17.2 Å². The van der Waals surface area contributed by atoms with Crippen molar-refractivity contribution in [3.8, 4) is 0 Å². The Balaban J connectivity index is 2.40. The van der Waals surface area contributed by atoms with Crippen molar-refractivity contribution >= 4 is 34.4 Å². The van der Waals surface area contributed by atoms with E-state index in [0.717, 1.165) is 0 Å². The van der Waals surface area contributed by atoms with Crippen LogP contribution < -0.4 is 17.2 Å². The average Bonchev–Trinajstić information content (AvgIpc) is 2.89. The summed E-state index contributed by atoms with van der Waals surface area (Å²) in [5.41, 5.74) is 15.8. The van der Waals surface area contributed by atoms with E-state index in [-0.39, 0.29) is 16.7 Å². The summed E-state index contributed by atoms with van der Waals surface area (Å²) < 4.78 is 0. The zero-order valence-corrected chi connectivity index (χ0v) is 19.5. The summed E-state index contributed by atoms with van der Waals surface area (Å²) in [7, 11) is 0. The fraction of sp³-hybridized carbons (Fsp3) is 0.222. The number of carbonyl (C=O) groups is 3. The van der Waals surface area contributed by atoms with E-state index in [1.165, 1.54) is 72.8 Å². The van der Waals surface area contributed by atoms with Crippen LogP contribution in [-0.4, -0.2) is 52.5 Å². The van der Waals surface area contributed by atoms with Crippen LogP contribution in [-0.2, 0) is 0 Å². The van der Waals surface area contributed by atoms with E-state index >= 15 is 0 Å². The molecular weight excluding hydrogens is 462 g/mol. The SMILES string of the molecule is Nc1ccc(C(=O)C(C(=O)c2ccc(N)cc2)(C(=O)c2ccc(N)cc2)C(CO)C(CO)CO)cc1. The third kappa shape index (κ3) is 4.85. The van der Waals surface area contributed by atoms with E-state index < -0.39 is 54.4 Å². The molecule has 0 aromatic heterocycles. The third-order valence-electron chi connectivity index (χ3n) is 6.38. The Morgan fingerprint density at radius 1 is 0.556 bits per heavy atom. The number of Topliss-reactive ketones (excluding diaryl/α,β-unsaturated/α-hetero) is 3. The first-order valence-electron chi connectivity index (χ1n) is 11.2. The van der Waals surface area contributed by atoms with Crippen molar-refractivity contribution in [3.63, 3.8) is 0 Å². The third-order valence-corrected chi connectivity index (χ3v) is 6.38. The molecule has 9 nitrogen and oxygen atoms in total. The summed E-state index contributed by atoms with van der Waals surface area (Å²) in [6.45, 7) is -2.24. The number of carbonyl (C=O) groups excluding carboxylic acids is 3. The maximum absolute atomic E-state index is 14.3. The maximum atomic E-state index is 14.3. The molecule has 0 aliphatic carbocycles. The number of benzene rings is 3. The first-order valence-corrected chi connectivity index (χ1v) is 11.2. The molecule has 0 spiro atoms. The van der Waals surface area contributed by atoms with Crippen molar-refractivity contribution < 1.29 is 29.7 Å². The van der Waals surface area contributed by atoms with Crippen molar-refractivity contribution in [3.05, 3.63) is 89.5 Å². The Kier molecular flexibility index (Phi) is 8.21. The second kappa shape index (κ2) is 11.1. The number of nitrogens with two attached hydrogens (primary N) is 3. The molecule has 0 bridgehead atoms. The van der Waals surface area contributed by atoms with Gasteiger partial charge < -0.3 is 32.5 Å². The number of hydrogen-bond acceptors (Lipinski definition) is 9. The highest BCUT2D eigenvalue weighted by Crippen LogP contribution is 2.43. The van der Waals surface area contributed by atoms with Gasteiger partial charge in [-0.15, -0.1) is 0 Å². The Labute approximate surface area is 208 Å². The Bertz CT molecular complexity index is 1080. The van der Waals surface area contributed by atoms with E-state index in [1.807, 2.05) is 0 Å². The quantitative estimate of drug-likeness (QED) is 0.131. The lowest BCUT2D eigenvalue weighted by molar-refractivity contribution is 0.00839. The van der Waals surface area contributed by atoms with Gasteiger partial charge in [-0.1, -0.05) is 0 Å². The van der Waals surface area contributed by atoms with E-state index in [9.17, 15) is 29.7 Å². The lowest BCUT2D eigenvalue weighted by Crippen LogP contribution is -2.56. The smallest absolute Gasteiger partial charge is 0.185 e. The van der Waals surface area contributed by atoms with Crippen LogP contribution in [0.25, 0.3) is 0 Å². The van der Waals surface area contributed by atoms with Gasteiger partial charge in [-0.05, 0) is 72.8 Å². The zero-order valence-electron chi connectivity index (χ0n) is 19.5. The summed E-state index contributed by atoms with van der Waals surface area (Å²) in [6.07, 6.45) is 0. The van der Waals surface area contributed by atoms with Gasteiger partial charge in [-0.2, -0.15) is 0 Å². The topological polar surface area (TPSA) is 190 Å². The number of anilines is 3. The van der Waals surface area contributed by atoms with Gasteiger partial charge in [0.25, 0.3) is 0 Å². The van der Waals surface area contributed by atoms with E-state index in [1.54, 1.807) is 0 Å². The minimum atomic E-state index is -2.55. The molecule has 3 aromatic rings. The van der Waals surface area contributed by atoms with Crippen molar-refractivity contribution in [2.24, 2.45) is 17.3 Å². The van der Waals surface area contributed by atoms with Gasteiger partial charge in [0.2, 0.25) is 0 Å². The van der Waals surface area contributed by atoms with Gasteiger partial charge in [-0.3, -0.25) is 14.4 Å². The molecule has 0 aliphatic heterocycles. The number of aliphatic hydroxyl groups is 3. The van der Waals surface area contributed by atoms with Gasteiger partial charge in [0.15, 0.2) is 22.8 Å². The highest BCUT2D eigenvalue weighted by molar-refractivity contribution is 6.35. The van der Waals surface area contributed by atoms with E-state index in [0.29, 0.717) is 17.1 Å². The lowest BCUT2D eigenvalue weighted by Gasteiger charge is -2.39. The van der Waals surface area contributed by atoms with Gasteiger partial charge in [-0.25, -0.2) is 0 Å². The zero-order chi connectivity index (χ0) is 26.5. The molecule has 3 aromatic carbocycles. The number of aliphatic hydroxyl groups excluding tert-OH is 3. The molecule has 0 aliphatic rings. The first-order chi connectivity index (χ1) is 17.2. The van der Waals surface area contributed by atoms with Crippen LogP contribution in [0.15, 0.2) is 72.8 Å². The number of rotatable bonds is 11. The van der Waals surface area contributed by atoms with Crippen LogP contribution in [0.3, 0.4) is 0 Å². The Hall–Kier alpha value is -4.05. The molecule has 0 saturated heterocycles. The number of ketones is 3. The molecule has 0 saturated carbocycles. The first kappa shape index (κ1) is 26.6. The van der Waals surface area contributed by atoms with Gasteiger partial charge in [0, 0.05) is 65.4 Å². The molecule has 0 heterocycles.